The van der Waals surface area contributed by atoms with Gasteiger partial charge in [-0.3, -0.25) is 10.1 Å². The number of carbonyl (C=O) groups is 1. The van der Waals surface area contributed by atoms with E-state index in [-0.39, 0.29) is 5.91 Å². The van der Waals surface area contributed by atoms with Gasteiger partial charge in [-0.1, -0.05) is 64.0 Å². The summed E-state index contributed by atoms with van der Waals surface area (Å²) in [4.78, 5) is 23.1. The molecular formula is C27H26BrN5O2. The van der Waals surface area contributed by atoms with Crippen molar-refractivity contribution in [3.05, 3.63) is 88.4 Å². The molecule has 35 heavy (non-hydrogen) atoms. The molecule has 3 aromatic carbocycles. The van der Waals surface area contributed by atoms with Gasteiger partial charge in [0.15, 0.2) is 0 Å². The second-order valence-corrected chi connectivity index (χ2v) is 9.74. The number of carbonyl (C=O) groups excluding carboxylic acids is 1. The van der Waals surface area contributed by atoms with Gasteiger partial charge in [0.1, 0.15) is 11.7 Å². The number of para-hydroxylation sites is 2. The van der Waals surface area contributed by atoms with Crippen LogP contribution in [-0.4, -0.2) is 23.4 Å². The number of amides is 1. The Morgan fingerprint density at radius 2 is 1.74 bits per heavy atom. The molecule has 2 aliphatic rings. The van der Waals surface area contributed by atoms with Crippen LogP contribution < -0.4 is 20.7 Å². The fraction of sp³-hybridized carbons (Fsp3) is 0.222. The summed E-state index contributed by atoms with van der Waals surface area (Å²) in [6.07, 6.45) is 0. The maximum atomic E-state index is 13.5. The normalized spacial score (nSPS) is 22.7. The molecule has 2 heterocycles. The lowest BCUT2D eigenvalue weighted by Crippen LogP contribution is -2.54. The standard InChI is InChI=1S/C27H26BrN5O2/c1-16-12-14-18(15-13-16)30-25(34)23-17(2)29-26(31-24(23)19-8-4-5-9-20(19)28)33-27(3)32-21-10-6-7-11-22(21)35-27/h4-15,23-24,32H,1-3H3,(H,30,34)(H,31,33). The number of nitrogens with zero attached hydrogens (tertiary/aromatic N) is 2. The highest BCUT2D eigenvalue weighted by atomic mass is 79.9. The molecule has 0 aliphatic carbocycles. The zero-order chi connectivity index (χ0) is 24.6. The Kier molecular flexibility index (Phi) is 6.06. The van der Waals surface area contributed by atoms with Gasteiger partial charge >= 0.3 is 0 Å². The van der Waals surface area contributed by atoms with E-state index in [2.05, 4.69) is 36.9 Å². The quantitative estimate of drug-likeness (QED) is 0.405. The van der Waals surface area contributed by atoms with Crippen molar-refractivity contribution in [3.8, 4) is 5.75 Å². The Hall–Kier alpha value is -3.65. The third-order valence-electron chi connectivity index (χ3n) is 6.06. The number of benzene rings is 3. The predicted molar refractivity (Wildman–Crippen MR) is 143 cm³/mol. The van der Waals surface area contributed by atoms with Gasteiger partial charge in [0.2, 0.25) is 11.9 Å². The van der Waals surface area contributed by atoms with Crippen LogP contribution in [0.4, 0.5) is 11.4 Å². The lowest BCUT2D eigenvalue weighted by molar-refractivity contribution is -0.118. The molecule has 3 atom stereocenters. The van der Waals surface area contributed by atoms with E-state index in [1.54, 1.807) is 0 Å². The number of hydrogen-bond donors (Lipinski definition) is 3. The number of halogens is 1. The van der Waals surface area contributed by atoms with Crippen LogP contribution >= 0.6 is 15.9 Å². The van der Waals surface area contributed by atoms with Crippen molar-refractivity contribution >= 4 is 44.9 Å². The number of aliphatic imine (C=N–C) groups is 2. The summed E-state index contributed by atoms with van der Waals surface area (Å²) in [5, 5.41) is 9.66. The summed E-state index contributed by atoms with van der Waals surface area (Å²) in [6, 6.07) is 22.8. The summed E-state index contributed by atoms with van der Waals surface area (Å²) < 4.78 is 6.98. The molecule has 8 heteroatoms. The summed E-state index contributed by atoms with van der Waals surface area (Å²) in [7, 11) is 0. The molecule has 7 nitrogen and oxygen atoms in total. The van der Waals surface area contributed by atoms with Crippen LogP contribution in [0.25, 0.3) is 0 Å². The van der Waals surface area contributed by atoms with Crippen molar-refractivity contribution in [3.63, 3.8) is 0 Å². The molecule has 0 fully saturated rings. The molecule has 0 saturated heterocycles. The molecule has 0 radical (unpaired) electrons. The van der Waals surface area contributed by atoms with E-state index >= 15 is 0 Å². The van der Waals surface area contributed by atoms with Crippen LogP contribution in [0.3, 0.4) is 0 Å². The van der Waals surface area contributed by atoms with E-state index in [1.807, 2.05) is 93.6 Å². The van der Waals surface area contributed by atoms with Gasteiger partial charge in [0, 0.05) is 22.8 Å². The number of fused-ring (bicyclic) bond motifs is 1. The zero-order valence-electron chi connectivity index (χ0n) is 19.7. The highest BCUT2D eigenvalue weighted by Crippen LogP contribution is 2.37. The van der Waals surface area contributed by atoms with Crippen molar-refractivity contribution in [2.75, 3.05) is 10.6 Å². The van der Waals surface area contributed by atoms with Crippen molar-refractivity contribution in [2.45, 2.75) is 32.7 Å². The lowest BCUT2D eigenvalue weighted by atomic mass is 9.88. The first-order chi connectivity index (χ1) is 16.8. The second-order valence-electron chi connectivity index (χ2n) is 8.89. The van der Waals surface area contributed by atoms with Crippen molar-refractivity contribution in [1.29, 1.82) is 0 Å². The summed E-state index contributed by atoms with van der Waals surface area (Å²) in [5.74, 6) is -0.528. The molecule has 0 bridgehead atoms. The minimum Gasteiger partial charge on any atom is -0.448 e. The van der Waals surface area contributed by atoms with Crippen LogP contribution in [0.5, 0.6) is 5.75 Å². The SMILES string of the molecule is CC1=NC(NC2(C)Nc3ccccc3O2)=NC(c2ccccc2Br)C1C(=O)Nc1ccc(C)cc1. The first kappa shape index (κ1) is 23.1. The van der Waals surface area contributed by atoms with Gasteiger partial charge in [-0.2, -0.15) is 0 Å². The van der Waals surface area contributed by atoms with Gasteiger partial charge in [-0.05, 0) is 49.7 Å². The highest BCUT2D eigenvalue weighted by molar-refractivity contribution is 9.10. The maximum absolute atomic E-state index is 13.5. The number of ether oxygens (including phenoxy) is 1. The van der Waals surface area contributed by atoms with Crippen molar-refractivity contribution in [2.24, 2.45) is 15.9 Å². The molecule has 0 spiro atoms. The topological polar surface area (TPSA) is 87.1 Å². The smallest absolute Gasteiger partial charge is 0.258 e. The largest absolute Gasteiger partial charge is 0.448 e. The van der Waals surface area contributed by atoms with E-state index in [0.717, 1.165) is 32.7 Å². The molecule has 2 aliphatic heterocycles. The van der Waals surface area contributed by atoms with Crippen LogP contribution in [0.1, 0.15) is 31.0 Å². The number of aryl methyl sites for hydroxylation is 1. The van der Waals surface area contributed by atoms with Crippen LogP contribution in [-0.2, 0) is 4.79 Å². The first-order valence-electron chi connectivity index (χ1n) is 11.4. The van der Waals surface area contributed by atoms with E-state index < -0.39 is 17.8 Å². The molecule has 0 aromatic heterocycles. The minimum absolute atomic E-state index is 0.160. The van der Waals surface area contributed by atoms with Crippen molar-refractivity contribution < 1.29 is 9.53 Å². The first-order valence-corrected chi connectivity index (χ1v) is 12.2. The number of hydrogen-bond acceptors (Lipinski definition) is 6. The zero-order valence-corrected chi connectivity index (χ0v) is 21.3. The number of rotatable bonds is 4. The predicted octanol–water partition coefficient (Wildman–Crippen LogP) is 5.65. The third kappa shape index (κ3) is 4.79. The van der Waals surface area contributed by atoms with E-state index in [4.69, 9.17) is 9.73 Å². The molecule has 3 unspecified atom stereocenters. The Morgan fingerprint density at radius 1 is 1.03 bits per heavy atom. The average molecular weight is 532 g/mol. The molecule has 3 N–H and O–H groups in total. The lowest BCUT2D eigenvalue weighted by Gasteiger charge is -2.32. The number of anilines is 2. The van der Waals surface area contributed by atoms with Crippen LogP contribution in [0, 0.1) is 12.8 Å². The number of nitrogens with one attached hydrogen (secondary N) is 3. The Labute approximate surface area is 212 Å². The Morgan fingerprint density at radius 3 is 2.49 bits per heavy atom. The highest BCUT2D eigenvalue weighted by Gasteiger charge is 2.40. The van der Waals surface area contributed by atoms with Gasteiger partial charge in [0.25, 0.3) is 5.85 Å². The summed E-state index contributed by atoms with van der Waals surface area (Å²) in [5.41, 5.74) is 4.31. The molecule has 3 aromatic rings. The van der Waals surface area contributed by atoms with Crippen molar-refractivity contribution in [1.82, 2.24) is 5.32 Å². The third-order valence-corrected chi connectivity index (χ3v) is 6.78. The van der Waals surface area contributed by atoms with E-state index in [0.29, 0.717) is 11.7 Å². The second kappa shape index (κ2) is 9.19. The molecule has 0 saturated carbocycles. The average Bonchev–Trinajstić information content (AvgIpc) is 3.16. The monoisotopic (exact) mass is 531 g/mol. The van der Waals surface area contributed by atoms with E-state index in [9.17, 15) is 4.79 Å². The molecule has 178 valence electrons. The van der Waals surface area contributed by atoms with Crippen LogP contribution in [0.15, 0.2) is 87.3 Å². The van der Waals surface area contributed by atoms with Crippen LogP contribution in [0.2, 0.25) is 0 Å². The molecule has 1 amide bonds. The Balaban J connectivity index is 1.45. The van der Waals surface area contributed by atoms with Gasteiger partial charge in [-0.15, -0.1) is 0 Å². The van der Waals surface area contributed by atoms with Gasteiger partial charge in [-0.25, -0.2) is 9.98 Å². The fourth-order valence-corrected chi connectivity index (χ4v) is 4.87. The fourth-order valence-electron chi connectivity index (χ4n) is 4.35. The molecular weight excluding hydrogens is 506 g/mol. The summed E-state index contributed by atoms with van der Waals surface area (Å²) >= 11 is 3.64. The minimum atomic E-state index is -0.929. The van der Waals surface area contributed by atoms with Gasteiger partial charge in [0.05, 0.1) is 11.7 Å². The van der Waals surface area contributed by atoms with Gasteiger partial charge < -0.3 is 15.4 Å². The maximum Gasteiger partial charge on any atom is 0.258 e. The van der Waals surface area contributed by atoms with E-state index in [1.165, 1.54) is 0 Å². The Bertz CT molecular complexity index is 1310. The number of guanidine groups is 1. The molecule has 5 rings (SSSR count). The summed E-state index contributed by atoms with van der Waals surface area (Å²) in [6.45, 7) is 5.75.